The number of amides is 1. The zero-order valence-electron chi connectivity index (χ0n) is 24.3. The van der Waals surface area contributed by atoms with Gasteiger partial charge < -0.3 is 23.9 Å². The van der Waals surface area contributed by atoms with Gasteiger partial charge in [0.25, 0.3) is 0 Å². The molecule has 1 saturated heterocycles. The molecule has 8 heteroatoms. The number of likely N-dealkylation sites (tertiary alicyclic amines) is 1. The first-order valence-corrected chi connectivity index (χ1v) is 13.9. The van der Waals surface area contributed by atoms with Crippen molar-refractivity contribution >= 4 is 12.1 Å². The number of nitrogens with zero attached hydrogens (tertiary/aromatic N) is 2. The van der Waals surface area contributed by atoms with Crippen molar-refractivity contribution in [1.29, 1.82) is 0 Å². The molecule has 2 heterocycles. The third-order valence-electron chi connectivity index (χ3n) is 7.22. The highest BCUT2D eigenvalue weighted by atomic mass is 16.6. The molecule has 0 saturated carbocycles. The lowest BCUT2D eigenvalue weighted by Gasteiger charge is -2.18. The molecule has 2 aromatic carbocycles. The quantitative estimate of drug-likeness (QED) is 0.327. The minimum absolute atomic E-state index is 0.0792. The normalized spacial score (nSPS) is 17.3. The van der Waals surface area contributed by atoms with Crippen molar-refractivity contribution in [3.05, 3.63) is 71.1 Å². The van der Waals surface area contributed by atoms with Gasteiger partial charge >= 0.3 is 12.1 Å². The first kappa shape index (κ1) is 29.2. The summed E-state index contributed by atoms with van der Waals surface area (Å²) >= 11 is 0. The molecular formula is C32H40N2O6. The molecule has 1 fully saturated rings. The molecule has 0 spiro atoms. The number of aromatic nitrogens is 1. The van der Waals surface area contributed by atoms with Gasteiger partial charge in [0.1, 0.15) is 11.5 Å². The lowest BCUT2D eigenvalue weighted by atomic mass is 9.87. The number of benzene rings is 2. The predicted molar refractivity (Wildman–Crippen MR) is 153 cm³/mol. The smallest absolute Gasteiger partial charge is 0.409 e. The SMILES string of the molecule is Cc1oc(-c2ccc(C(C)(C)C)cc2)nc1CCOc1cccc([C@@H]2CN(C(=O)OCC(C)C)CC2C(=O)O)c1. The summed E-state index contributed by atoms with van der Waals surface area (Å²) in [6, 6.07) is 15.7. The van der Waals surface area contributed by atoms with Gasteiger partial charge in [0.2, 0.25) is 5.89 Å². The zero-order chi connectivity index (χ0) is 29.0. The molecule has 8 nitrogen and oxygen atoms in total. The molecule has 40 heavy (non-hydrogen) atoms. The van der Waals surface area contributed by atoms with Crippen molar-refractivity contribution in [1.82, 2.24) is 9.88 Å². The van der Waals surface area contributed by atoms with Gasteiger partial charge in [-0.25, -0.2) is 9.78 Å². The van der Waals surface area contributed by atoms with Crippen LogP contribution in [-0.4, -0.2) is 53.4 Å². The first-order valence-electron chi connectivity index (χ1n) is 13.9. The molecule has 0 aliphatic carbocycles. The van der Waals surface area contributed by atoms with E-state index in [-0.39, 0.29) is 30.3 Å². The van der Waals surface area contributed by atoms with Crippen LogP contribution < -0.4 is 4.74 Å². The second-order valence-corrected chi connectivity index (χ2v) is 11.9. The van der Waals surface area contributed by atoms with Gasteiger partial charge in [-0.1, -0.05) is 58.9 Å². The lowest BCUT2D eigenvalue weighted by molar-refractivity contribution is -0.141. The van der Waals surface area contributed by atoms with E-state index in [9.17, 15) is 14.7 Å². The standard InChI is InChI=1S/C32H40N2O6/c1-20(2)19-39-31(37)34-17-26(27(18-34)30(35)36)23-8-7-9-25(16-23)38-15-14-28-21(3)40-29(33-28)22-10-12-24(13-11-22)32(4,5)6/h7-13,16,20,26-27H,14-15,17-19H2,1-6H3,(H,35,36)/t26-,27?/m0/s1. The summed E-state index contributed by atoms with van der Waals surface area (Å²) in [5.41, 5.74) is 3.92. The van der Waals surface area contributed by atoms with Crippen LogP contribution in [0, 0.1) is 18.8 Å². The van der Waals surface area contributed by atoms with Crippen LogP contribution in [-0.2, 0) is 21.4 Å². The van der Waals surface area contributed by atoms with Crippen LogP contribution in [0.15, 0.2) is 52.9 Å². The van der Waals surface area contributed by atoms with Gasteiger partial charge in [-0.3, -0.25) is 4.79 Å². The Kier molecular flexibility index (Phi) is 8.86. The van der Waals surface area contributed by atoms with E-state index in [0.29, 0.717) is 31.3 Å². The van der Waals surface area contributed by atoms with Crippen molar-refractivity contribution in [2.24, 2.45) is 11.8 Å². The monoisotopic (exact) mass is 548 g/mol. The van der Waals surface area contributed by atoms with Crippen molar-refractivity contribution < 1.29 is 28.6 Å². The summed E-state index contributed by atoms with van der Waals surface area (Å²) in [5.74, 6) is 0.203. The number of hydrogen-bond acceptors (Lipinski definition) is 6. The summed E-state index contributed by atoms with van der Waals surface area (Å²) in [7, 11) is 0. The van der Waals surface area contributed by atoms with Crippen LogP contribution in [0.1, 0.15) is 63.1 Å². The molecule has 3 aromatic rings. The predicted octanol–water partition coefficient (Wildman–Crippen LogP) is 6.46. The molecule has 0 radical (unpaired) electrons. The Hall–Kier alpha value is -3.81. The number of ether oxygens (including phenoxy) is 2. The van der Waals surface area contributed by atoms with E-state index in [1.54, 1.807) is 0 Å². The Labute approximate surface area is 236 Å². The van der Waals surface area contributed by atoms with E-state index in [2.05, 4.69) is 32.9 Å². The van der Waals surface area contributed by atoms with Gasteiger partial charge in [0.15, 0.2) is 0 Å². The molecule has 1 amide bonds. The molecule has 1 aromatic heterocycles. The summed E-state index contributed by atoms with van der Waals surface area (Å²) in [5, 5.41) is 9.83. The van der Waals surface area contributed by atoms with Crippen LogP contribution in [0.3, 0.4) is 0 Å². The summed E-state index contributed by atoms with van der Waals surface area (Å²) in [4.78, 5) is 30.7. The average molecular weight is 549 g/mol. The van der Waals surface area contributed by atoms with Crippen molar-refractivity contribution in [3.63, 3.8) is 0 Å². The number of aliphatic carboxylic acids is 1. The fraction of sp³-hybridized carbons (Fsp3) is 0.469. The van der Waals surface area contributed by atoms with E-state index in [0.717, 1.165) is 22.6 Å². The van der Waals surface area contributed by atoms with Gasteiger partial charge in [-0.05, 0) is 53.6 Å². The minimum atomic E-state index is -0.930. The minimum Gasteiger partial charge on any atom is -0.493 e. The maximum absolute atomic E-state index is 12.5. The highest BCUT2D eigenvalue weighted by molar-refractivity contribution is 5.75. The maximum Gasteiger partial charge on any atom is 0.409 e. The number of carbonyl (C=O) groups excluding carboxylic acids is 1. The van der Waals surface area contributed by atoms with Gasteiger partial charge in [0.05, 0.1) is 24.8 Å². The summed E-state index contributed by atoms with van der Waals surface area (Å²) < 4.78 is 17.3. The molecule has 214 valence electrons. The van der Waals surface area contributed by atoms with Crippen LogP contribution in [0.2, 0.25) is 0 Å². The van der Waals surface area contributed by atoms with Crippen molar-refractivity contribution in [2.45, 2.75) is 59.3 Å². The Morgan fingerprint density at radius 2 is 1.85 bits per heavy atom. The third kappa shape index (κ3) is 7.03. The van der Waals surface area contributed by atoms with Crippen LogP contribution in [0.25, 0.3) is 11.5 Å². The Balaban J connectivity index is 1.38. The van der Waals surface area contributed by atoms with Crippen molar-refractivity contribution in [3.8, 4) is 17.2 Å². The Morgan fingerprint density at radius 3 is 2.50 bits per heavy atom. The number of oxazole rings is 1. The number of carbonyl (C=O) groups is 2. The number of carboxylic acid groups (broad SMARTS) is 1. The fourth-order valence-corrected chi connectivity index (χ4v) is 4.87. The Morgan fingerprint density at radius 1 is 1.12 bits per heavy atom. The highest BCUT2D eigenvalue weighted by Gasteiger charge is 2.41. The second-order valence-electron chi connectivity index (χ2n) is 11.9. The molecule has 1 unspecified atom stereocenters. The lowest BCUT2D eigenvalue weighted by Crippen LogP contribution is -2.31. The van der Waals surface area contributed by atoms with Gasteiger partial charge in [-0.2, -0.15) is 0 Å². The topological polar surface area (TPSA) is 102 Å². The molecule has 1 aliphatic rings. The maximum atomic E-state index is 12.5. The number of hydrogen-bond donors (Lipinski definition) is 1. The second kappa shape index (κ2) is 12.1. The molecule has 4 rings (SSSR count). The van der Waals surface area contributed by atoms with Gasteiger partial charge in [-0.15, -0.1) is 0 Å². The number of carboxylic acids is 1. The molecule has 2 atom stereocenters. The molecule has 1 aliphatic heterocycles. The fourth-order valence-electron chi connectivity index (χ4n) is 4.87. The summed E-state index contributed by atoms with van der Waals surface area (Å²) in [6.45, 7) is 13.5. The number of rotatable bonds is 9. The largest absolute Gasteiger partial charge is 0.493 e. The van der Waals surface area contributed by atoms with Crippen molar-refractivity contribution in [2.75, 3.05) is 26.3 Å². The van der Waals surface area contributed by atoms with E-state index < -0.39 is 18.0 Å². The molecule has 1 N–H and O–H groups in total. The van der Waals surface area contributed by atoms with Gasteiger partial charge in [0, 0.05) is 31.0 Å². The summed E-state index contributed by atoms with van der Waals surface area (Å²) in [6.07, 6.45) is 0.0957. The Bertz CT molecular complexity index is 1320. The highest BCUT2D eigenvalue weighted by Crippen LogP contribution is 2.35. The third-order valence-corrected chi connectivity index (χ3v) is 7.22. The van der Waals surface area contributed by atoms with Crippen LogP contribution in [0.4, 0.5) is 4.79 Å². The van der Waals surface area contributed by atoms with Crippen LogP contribution >= 0.6 is 0 Å². The molecular weight excluding hydrogens is 508 g/mol. The van der Waals surface area contributed by atoms with E-state index in [1.165, 1.54) is 10.5 Å². The number of aryl methyl sites for hydroxylation is 1. The van der Waals surface area contributed by atoms with E-state index in [4.69, 9.17) is 18.9 Å². The van der Waals surface area contributed by atoms with Crippen LogP contribution in [0.5, 0.6) is 5.75 Å². The molecule has 0 bridgehead atoms. The zero-order valence-corrected chi connectivity index (χ0v) is 24.3. The average Bonchev–Trinajstić information content (AvgIpc) is 3.52. The van der Waals surface area contributed by atoms with E-state index in [1.807, 2.05) is 57.2 Å². The van der Waals surface area contributed by atoms with E-state index >= 15 is 0 Å². The first-order chi connectivity index (χ1) is 18.9.